The monoisotopic (exact) mass is 295 g/mol. The van der Waals surface area contributed by atoms with Crippen LogP contribution in [-0.2, 0) is 5.41 Å². The number of benzene rings is 1. The molecule has 20 heavy (non-hydrogen) atoms. The van der Waals surface area contributed by atoms with E-state index in [0.717, 1.165) is 18.1 Å². The number of rotatable bonds is 9. The molecule has 0 amide bonds. The second-order valence-electron chi connectivity index (χ2n) is 6.32. The number of halogens is 1. The van der Waals surface area contributed by atoms with Crippen LogP contribution in [0.5, 0.6) is 0 Å². The molecule has 0 saturated carbocycles. The summed E-state index contributed by atoms with van der Waals surface area (Å²) in [5.41, 5.74) is 1.62. The standard InChI is InChI=1S/C18H30ClN/c1-5-10-18(11-6-2,14-20-13-15(3)4)16-8-7-9-17(19)12-16/h7-9,12,15,20H,5-6,10-11,13-14H2,1-4H3. The van der Waals surface area contributed by atoms with Gasteiger partial charge in [-0.25, -0.2) is 0 Å². The van der Waals surface area contributed by atoms with Gasteiger partial charge < -0.3 is 5.32 Å². The van der Waals surface area contributed by atoms with Gasteiger partial charge in [-0.2, -0.15) is 0 Å². The van der Waals surface area contributed by atoms with E-state index in [1.165, 1.54) is 31.2 Å². The van der Waals surface area contributed by atoms with E-state index >= 15 is 0 Å². The molecule has 1 rings (SSSR count). The third kappa shape index (κ3) is 5.10. The molecule has 0 unspecified atom stereocenters. The highest BCUT2D eigenvalue weighted by Gasteiger charge is 2.30. The molecule has 0 aliphatic carbocycles. The lowest BCUT2D eigenvalue weighted by atomic mass is 9.73. The highest BCUT2D eigenvalue weighted by molar-refractivity contribution is 6.30. The lowest BCUT2D eigenvalue weighted by molar-refractivity contribution is 0.328. The lowest BCUT2D eigenvalue weighted by Gasteiger charge is -2.35. The maximum atomic E-state index is 6.22. The lowest BCUT2D eigenvalue weighted by Crippen LogP contribution is -2.39. The minimum atomic E-state index is 0.225. The zero-order valence-electron chi connectivity index (χ0n) is 13.5. The largest absolute Gasteiger partial charge is 0.316 e. The fraction of sp³-hybridized carbons (Fsp3) is 0.667. The van der Waals surface area contributed by atoms with Crippen LogP contribution in [0.15, 0.2) is 24.3 Å². The van der Waals surface area contributed by atoms with Crippen molar-refractivity contribution in [3.8, 4) is 0 Å². The topological polar surface area (TPSA) is 12.0 Å². The minimum Gasteiger partial charge on any atom is -0.316 e. The highest BCUT2D eigenvalue weighted by atomic mass is 35.5. The molecule has 0 aromatic heterocycles. The van der Waals surface area contributed by atoms with Crippen LogP contribution in [0.3, 0.4) is 0 Å². The van der Waals surface area contributed by atoms with Crippen molar-refractivity contribution in [2.45, 2.75) is 58.8 Å². The van der Waals surface area contributed by atoms with Gasteiger partial charge in [0.1, 0.15) is 0 Å². The molecule has 0 aliphatic heterocycles. The van der Waals surface area contributed by atoms with Crippen LogP contribution >= 0.6 is 11.6 Å². The van der Waals surface area contributed by atoms with E-state index in [0.29, 0.717) is 5.92 Å². The fourth-order valence-corrected chi connectivity index (χ4v) is 3.26. The van der Waals surface area contributed by atoms with Crippen LogP contribution in [0.1, 0.15) is 58.9 Å². The van der Waals surface area contributed by atoms with Crippen molar-refractivity contribution >= 4 is 11.6 Å². The smallest absolute Gasteiger partial charge is 0.0408 e. The Hall–Kier alpha value is -0.530. The average Bonchev–Trinajstić information content (AvgIpc) is 2.38. The van der Waals surface area contributed by atoms with Crippen LogP contribution < -0.4 is 5.32 Å². The molecule has 1 nitrogen and oxygen atoms in total. The van der Waals surface area contributed by atoms with Crippen LogP contribution in [0.25, 0.3) is 0 Å². The van der Waals surface area contributed by atoms with E-state index in [-0.39, 0.29) is 5.41 Å². The Labute approximate surface area is 130 Å². The molecule has 1 aromatic rings. The first-order valence-electron chi connectivity index (χ1n) is 8.01. The van der Waals surface area contributed by atoms with Gasteiger partial charge >= 0.3 is 0 Å². The Morgan fingerprint density at radius 1 is 1.15 bits per heavy atom. The van der Waals surface area contributed by atoms with Gasteiger partial charge in [0.2, 0.25) is 0 Å². The summed E-state index contributed by atoms with van der Waals surface area (Å²) in [6, 6.07) is 8.45. The summed E-state index contributed by atoms with van der Waals surface area (Å²) in [6.45, 7) is 11.2. The van der Waals surface area contributed by atoms with Gasteiger partial charge in [0.25, 0.3) is 0 Å². The maximum absolute atomic E-state index is 6.22. The summed E-state index contributed by atoms with van der Waals surface area (Å²) in [7, 11) is 0. The highest BCUT2D eigenvalue weighted by Crippen LogP contribution is 2.35. The molecule has 0 heterocycles. The summed E-state index contributed by atoms with van der Waals surface area (Å²) in [5.74, 6) is 0.690. The number of hydrogen-bond acceptors (Lipinski definition) is 1. The SMILES string of the molecule is CCCC(CCC)(CNCC(C)C)c1cccc(Cl)c1. The van der Waals surface area contributed by atoms with E-state index in [1.807, 2.05) is 6.07 Å². The molecule has 0 saturated heterocycles. The second kappa shape index (κ2) is 8.69. The summed E-state index contributed by atoms with van der Waals surface area (Å²) in [4.78, 5) is 0. The third-order valence-corrected chi connectivity index (χ3v) is 4.15. The van der Waals surface area contributed by atoms with Gasteiger partial charge in [-0.05, 0) is 43.0 Å². The molecule has 0 radical (unpaired) electrons. The van der Waals surface area contributed by atoms with Crippen LogP contribution in [0.2, 0.25) is 5.02 Å². The van der Waals surface area contributed by atoms with Gasteiger partial charge in [-0.15, -0.1) is 0 Å². The van der Waals surface area contributed by atoms with Crippen molar-refractivity contribution in [3.63, 3.8) is 0 Å². The van der Waals surface area contributed by atoms with Crippen molar-refractivity contribution in [1.82, 2.24) is 5.32 Å². The van der Waals surface area contributed by atoms with E-state index in [9.17, 15) is 0 Å². The van der Waals surface area contributed by atoms with Crippen LogP contribution in [0.4, 0.5) is 0 Å². The van der Waals surface area contributed by atoms with Crippen molar-refractivity contribution in [2.75, 3.05) is 13.1 Å². The van der Waals surface area contributed by atoms with Gasteiger partial charge in [-0.3, -0.25) is 0 Å². The Morgan fingerprint density at radius 2 is 1.80 bits per heavy atom. The average molecular weight is 296 g/mol. The zero-order chi connectivity index (χ0) is 15.0. The van der Waals surface area contributed by atoms with Gasteiger partial charge in [0, 0.05) is 17.0 Å². The van der Waals surface area contributed by atoms with Crippen molar-refractivity contribution in [2.24, 2.45) is 5.92 Å². The summed E-state index contributed by atoms with van der Waals surface area (Å²) in [6.07, 6.45) is 4.84. The van der Waals surface area contributed by atoms with E-state index in [4.69, 9.17) is 11.6 Å². The second-order valence-corrected chi connectivity index (χ2v) is 6.75. The Balaban J connectivity index is 2.96. The number of nitrogens with one attached hydrogen (secondary N) is 1. The zero-order valence-corrected chi connectivity index (χ0v) is 14.3. The molecule has 2 heteroatoms. The summed E-state index contributed by atoms with van der Waals surface area (Å²) in [5, 5.41) is 4.52. The molecule has 0 aliphatic rings. The van der Waals surface area contributed by atoms with Crippen molar-refractivity contribution < 1.29 is 0 Å². The normalized spacial score (nSPS) is 12.1. The van der Waals surface area contributed by atoms with E-state index < -0.39 is 0 Å². The summed E-state index contributed by atoms with van der Waals surface area (Å²) >= 11 is 6.22. The van der Waals surface area contributed by atoms with E-state index in [1.54, 1.807) is 0 Å². The molecule has 0 bridgehead atoms. The number of hydrogen-bond donors (Lipinski definition) is 1. The first-order chi connectivity index (χ1) is 9.54. The Bertz CT molecular complexity index is 381. The summed E-state index contributed by atoms with van der Waals surface area (Å²) < 4.78 is 0. The Morgan fingerprint density at radius 3 is 2.30 bits per heavy atom. The van der Waals surface area contributed by atoms with Crippen molar-refractivity contribution in [1.29, 1.82) is 0 Å². The van der Waals surface area contributed by atoms with E-state index in [2.05, 4.69) is 51.2 Å². The molecule has 0 atom stereocenters. The first kappa shape index (κ1) is 17.5. The maximum Gasteiger partial charge on any atom is 0.0408 e. The molecule has 0 fully saturated rings. The van der Waals surface area contributed by atoms with Gasteiger partial charge in [0.15, 0.2) is 0 Å². The third-order valence-electron chi connectivity index (χ3n) is 3.91. The van der Waals surface area contributed by atoms with Crippen LogP contribution in [0, 0.1) is 5.92 Å². The van der Waals surface area contributed by atoms with Gasteiger partial charge in [0.05, 0.1) is 0 Å². The predicted octanol–water partition coefficient (Wildman–Crippen LogP) is 5.42. The molecule has 0 spiro atoms. The molecule has 114 valence electrons. The van der Waals surface area contributed by atoms with Gasteiger partial charge in [-0.1, -0.05) is 64.3 Å². The molecular weight excluding hydrogens is 266 g/mol. The molecular formula is C18H30ClN. The minimum absolute atomic E-state index is 0.225. The quantitative estimate of drug-likeness (QED) is 0.641. The first-order valence-corrected chi connectivity index (χ1v) is 8.38. The molecule has 1 N–H and O–H groups in total. The Kier molecular flexibility index (Phi) is 7.61. The predicted molar refractivity (Wildman–Crippen MR) is 90.7 cm³/mol. The molecule has 1 aromatic carbocycles. The van der Waals surface area contributed by atoms with Crippen LogP contribution in [-0.4, -0.2) is 13.1 Å². The fourth-order valence-electron chi connectivity index (χ4n) is 3.07. The van der Waals surface area contributed by atoms with Crippen molar-refractivity contribution in [3.05, 3.63) is 34.9 Å².